The first-order chi connectivity index (χ1) is 12.7. The van der Waals surface area contributed by atoms with Crippen LogP contribution in [-0.2, 0) is 17.5 Å². The Morgan fingerprint density at radius 2 is 2.00 bits per heavy atom. The van der Waals surface area contributed by atoms with Gasteiger partial charge in [0.1, 0.15) is 23.2 Å². The summed E-state index contributed by atoms with van der Waals surface area (Å²) >= 11 is 0. The van der Waals surface area contributed by atoms with Crippen LogP contribution in [0.5, 0.6) is 5.75 Å². The first-order valence-corrected chi connectivity index (χ1v) is 7.63. The number of nitrogens with one attached hydrogen (secondary N) is 1. The smallest absolute Gasteiger partial charge is 0.416 e. The van der Waals surface area contributed by atoms with E-state index >= 15 is 0 Å². The lowest BCUT2D eigenvalue weighted by molar-refractivity contribution is -0.137. The summed E-state index contributed by atoms with van der Waals surface area (Å²) in [6.45, 7) is 0.0754. The van der Waals surface area contributed by atoms with Crippen molar-refractivity contribution in [2.75, 3.05) is 7.11 Å². The van der Waals surface area contributed by atoms with E-state index in [4.69, 9.17) is 10.00 Å². The van der Waals surface area contributed by atoms with Crippen molar-refractivity contribution in [3.8, 4) is 11.8 Å². The molecule has 2 rings (SSSR count). The predicted molar refractivity (Wildman–Crippen MR) is 89.8 cm³/mol. The molecule has 0 fully saturated rings. The summed E-state index contributed by atoms with van der Waals surface area (Å²) in [7, 11) is 1.49. The van der Waals surface area contributed by atoms with E-state index in [1.165, 1.54) is 7.11 Å². The van der Waals surface area contributed by atoms with Gasteiger partial charge in [-0.2, -0.15) is 18.4 Å². The number of rotatable bonds is 5. The van der Waals surface area contributed by atoms with E-state index in [9.17, 15) is 22.4 Å². The van der Waals surface area contributed by atoms with E-state index in [2.05, 4.69) is 5.32 Å². The van der Waals surface area contributed by atoms with Gasteiger partial charge < -0.3 is 10.1 Å². The predicted octanol–water partition coefficient (Wildman–Crippen LogP) is 4.08. The van der Waals surface area contributed by atoms with Crippen molar-refractivity contribution in [1.82, 2.24) is 5.32 Å². The zero-order chi connectivity index (χ0) is 20.0. The SMILES string of the molecule is COc1cccc(CNC(=O)/C(C#N)=C/c2cc(F)cc(C(F)(F)F)c2)c1. The minimum Gasteiger partial charge on any atom is -0.497 e. The van der Waals surface area contributed by atoms with Crippen LogP contribution in [0.1, 0.15) is 16.7 Å². The van der Waals surface area contributed by atoms with E-state index < -0.39 is 29.0 Å². The number of alkyl halides is 3. The fourth-order valence-electron chi connectivity index (χ4n) is 2.23. The third-order valence-electron chi connectivity index (χ3n) is 3.51. The van der Waals surface area contributed by atoms with Crippen molar-refractivity contribution in [2.45, 2.75) is 12.7 Å². The molecule has 0 bridgehead atoms. The van der Waals surface area contributed by atoms with Crippen LogP contribution in [0.3, 0.4) is 0 Å². The minimum atomic E-state index is -4.74. The van der Waals surface area contributed by atoms with Crippen LogP contribution in [0.4, 0.5) is 17.6 Å². The highest BCUT2D eigenvalue weighted by Crippen LogP contribution is 2.30. The number of carbonyl (C=O) groups excluding carboxylic acids is 1. The molecule has 0 aromatic heterocycles. The van der Waals surface area contributed by atoms with E-state index in [1.807, 2.05) is 0 Å². The Morgan fingerprint density at radius 3 is 2.63 bits per heavy atom. The molecule has 0 unspecified atom stereocenters. The van der Waals surface area contributed by atoms with E-state index in [1.54, 1.807) is 30.3 Å². The summed E-state index contributed by atoms with van der Waals surface area (Å²) in [5.74, 6) is -1.33. The van der Waals surface area contributed by atoms with Crippen molar-refractivity contribution in [3.63, 3.8) is 0 Å². The Labute approximate surface area is 152 Å². The third-order valence-corrected chi connectivity index (χ3v) is 3.51. The van der Waals surface area contributed by atoms with Gasteiger partial charge in [0.05, 0.1) is 12.7 Å². The Bertz CT molecular complexity index is 915. The van der Waals surface area contributed by atoms with Crippen LogP contribution >= 0.6 is 0 Å². The maximum atomic E-state index is 13.4. The summed E-state index contributed by atoms with van der Waals surface area (Å²) in [4.78, 5) is 12.1. The van der Waals surface area contributed by atoms with Crippen molar-refractivity contribution < 1.29 is 27.1 Å². The molecular weight excluding hydrogens is 364 g/mol. The number of nitriles is 1. The molecule has 140 valence electrons. The molecule has 0 heterocycles. The fraction of sp³-hybridized carbons (Fsp3) is 0.158. The second-order valence-electron chi connectivity index (χ2n) is 5.48. The highest BCUT2D eigenvalue weighted by atomic mass is 19.4. The van der Waals surface area contributed by atoms with Gasteiger partial charge in [0.2, 0.25) is 0 Å². The quantitative estimate of drug-likeness (QED) is 0.485. The monoisotopic (exact) mass is 378 g/mol. The van der Waals surface area contributed by atoms with Gasteiger partial charge in [-0.25, -0.2) is 4.39 Å². The lowest BCUT2D eigenvalue weighted by Gasteiger charge is -2.08. The summed E-state index contributed by atoms with van der Waals surface area (Å²) in [6.07, 6.45) is -3.84. The Hall–Kier alpha value is -3.34. The highest BCUT2D eigenvalue weighted by molar-refractivity contribution is 6.01. The van der Waals surface area contributed by atoms with Crippen molar-refractivity contribution in [1.29, 1.82) is 5.26 Å². The van der Waals surface area contributed by atoms with E-state index in [0.717, 1.165) is 12.1 Å². The lowest BCUT2D eigenvalue weighted by atomic mass is 10.1. The summed E-state index contributed by atoms with van der Waals surface area (Å²) in [5, 5.41) is 11.6. The van der Waals surface area contributed by atoms with Gasteiger partial charge in [-0.15, -0.1) is 0 Å². The topological polar surface area (TPSA) is 62.1 Å². The van der Waals surface area contributed by atoms with Crippen LogP contribution in [-0.4, -0.2) is 13.0 Å². The fourth-order valence-corrected chi connectivity index (χ4v) is 2.23. The van der Waals surface area contributed by atoms with Gasteiger partial charge >= 0.3 is 6.18 Å². The molecule has 27 heavy (non-hydrogen) atoms. The summed E-state index contributed by atoms with van der Waals surface area (Å²) in [6, 6.07) is 10.3. The molecule has 1 amide bonds. The molecule has 2 aromatic carbocycles. The maximum Gasteiger partial charge on any atom is 0.416 e. The normalized spacial score (nSPS) is 11.6. The molecule has 1 N–H and O–H groups in total. The van der Waals surface area contributed by atoms with Crippen LogP contribution in [0.15, 0.2) is 48.0 Å². The van der Waals surface area contributed by atoms with Gasteiger partial charge in [-0.1, -0.05) is 12.1 Å². The second kappa shape index (κ2) is 8.36. The Kier molecular flexibility index (Phi) is 6.19. The molecule has 8 heteroatoms. The highest BCUT2D eigenvalue weighted by Gasteiger charge is 2.31. The maximum absolute atomic E-state index is 13.4. The molecule has 0 radical (unpaired) electrons. The van der Waals surface area contributed by atoms with Crippen molar-refractivity contribution in [2.24, 2.45) is 0 Å². The van der Waals surface area contributed by atoms with Crippen molar-refractivity contribution >= 4 is 12.0 Å². The standard InChI is InChI=1S/C19H14F4N2O2/c1-27-17-4-2-3-12(8-17)11-25-18(26)14(10-24)5-13-6-15(19(21,22)23)9-16(20)7-13/h2-9H,11H2,1H3,(H,25,26)/b14-5+. The number of amides is 1. The third kappa shape index (κ3) is 5.57. The van der Waals surface area contributed by atoms with Crippen LogP contribution in [0, 0.1) is 17.1 Å². The number of halogens is 4. The van der Waals surface area contributed by atoms with Crippen LogP contribution in [0.2, 0.25) is 0 Å². The number of benzene rings is 2. The van der Waals surface area contributed by atoms with E-state index in [-0.39, 0.29) is 12.1 Å². The molecule has 0 saturated heterocycles. The van der Waals surface area contributed by atoms with E-state index in [0.29, 0.717) is 23.4 Å². The molecule has 0 saturated carbocycles. The van der Waals surface area contributed by atoms with Crippen LogP contribution in [0.25, 0.3) is 6.08 Å². The summed E-state index contributed by atoms with van der Waals surface area (Å²) < 4.78 is 56.7. The molecule has 2 aromatic rings. The molecule has 0 aliphatic rings. The zero-order valence-corrected chi connectivity index (χ0v) is 14.1. The van der Waals surface area contributed by atoms with Crippen molar-refractivity contribution in [3.05, 3.63) is 70.5 Å². The average molecular weight is 378 g/mol. The number of carbonyl (C=O) groups is 1. The number of ether oxygens (including phenoxy) is 1. The van der Waals surface area contributed by atoms with Gasteiger partial charge in [0.25, 0.3) is 5.91 Å². The number of methoxy groups -OCH3 is 1. The average Bonchev–Trinajstić information content (AvgIpc) is 2.63. The number of nitrogens with zero attached hydrogens (tertiary/aromatic N) is 1. The van der Waals surface area contributed by atoms with Crippen LogP contribution < -0.4 is 10.1 Å². The Morgan fingerprint density at radius 1 is 1.26 bits per heavy atom. The molecule has 0 spiro atoms. The Balaban J connectivity index is 2.19. The first-order valence-electron chi connectivity index (χ1n) is 7.63. The van der Waals surface area contributed by atoms with Gasteiger partial charge in [-0.3, -0.25) is 4.79 Å². The van der Waals surface area contributed by atoms with Gasteiger partial charge in [0, 0.05) is 6.54 Å². The van der Waals surface area contributed by atoms with Gasteiger partial charge in [-0.05, 0) is 47.5 Å². The zero-order valence-electron chi connectivity index (χ0n) is 14.1. The summed E-state index contributed by atoms with van der Waals surface area (Å²) in [5.41, 5.74) is -1.19. The molecule has 0 atom stereocenters. The number of hydrogen-bond donors (Lipinski definition) is 1. The minimum absolute atomic E-state index is 0.0754. The van der Waals surface area contributed by atoms with Gasteiger partial charge in [0.15, 0.2) is 0 Å². The molecule has 4 nitrogen and oxygen atoms in total. The second-order valence-corrected chi connectivity index (χ2v) is 5.48. The largest absolute Gasteiger partial charge is 0.497 e. The molecule has 0 aliphatic carbocycles. The number of hydrogen-bond acceptors (Lipinski definition) is 3. The molecular formula is C19H14F4N2O2. The first kappa shape index (κ1) is 20.0. The molecule has 0 aliphatic heterocycles. The lowest BCUT2D eigenvalue weighted by Crippen LogP contribution is -2.24.